The molecule has 0 saturated carbocycles. The van der Waals surface area contributed by atoms with Gasteiger partial charge in [-0.3, -0.25) is 10.1 Å². The fourth-order valence-electron chi connectivity index (χ4n) is 2.49. The van der Waals surface area contributed by atoms with E-state index in [9.17, 15) is 13.2 Å². The molecule has 27 heavy (non-hydrogen) atoms. The summed E-state index contributed by atoms with van der Waals surface area (Å²) in [5.74, 6) is 0.346. The van der Waals surface area contributed by atoms with Gasteiger partial charge >= 0.3 is 0 Å². The first kappa shape index (κ1) is 19.1. The van der Waals surface area contributed by atoms with E-state index < -0.39 is 9.84 Å². The molecule has 0 bridgehead atoms. The van der Waals surface area contributed by atoms with Crippen molar-refractivity contribution in [3.05, 3.63) is 53.6 Å². The predicted octanol–water partition coefficient (Wildman–Crippen LogP) is 3.67. The van der Waals surface area contributed by atoms with E-state index >= 15 is 0 Å². The maximum atomic E-state index is 12.2. The van der Waals surface area contributed by atoms with Crippen LogP contribution in [0.25, 0.3) is 16.3 Å². The van der Waals surface area contributed by atoms with Gasteiger partial charge in [0.1, 0.15) is 5.75 Å². The summed E-state index contributed by atoms with van der Waals surface area (Å²) in [6, 6.07) is 10.4. The predicted molar refractivity (Wildman–Crippen MR) is 108 cm³/mol. The molecule has 0 aliphatic rings. The highest BCUT2D eigenvalue weighted by Crippen LogP contribution is 2.28. The van der Waals surface area contributed by atoms with Gasteiger partial charge < -0.3 is 4.74 Å². The first-order chi connectivity index (χ1) is 12.8. The van der Waals surface area contributed by atoms with E-state index in [1.165, 1.54) is 23.5 Å². The van der Waals surface area contributed by atoms with Crippen molar-refractivity contribution in [2.24, 2.45) is 0 Å². The number of thiazole rings is 1. The number of benzene rings is 2. The number of methoxy groups -OCH3 is 1. The van der Waals surface area contributed by atoms with Gasteiger partial charge in [0.05, 0.1) is 22.2 Å². The summed E-state index contributed by atoms with van der Waals surface area (Å²) < 4.78 is 29.3. The van der Waals surface area contributed by atoms with Crippen molar-refractivity contribution in [1.82, 2.24) is 4.98 Å². The first-order valence-electron chi connectivity index (χ1n) is 8.00. The molecule has 3 aromatic rings. The second kappa shape index (κ2) is 7.50. The van der Waals surface area contributed by atoms with Gasteiger partial charge in [0.15, 0.2) is 15.0 Å². The van der Waals surface area contributed by atoms with Crippen molar-refractivity contribution >= 4 is 48.5 Å². The Bertz CT molecular complexity index is 1150. The molecular formula is C19H18N2O4S2. The van der Waals surface area contributed by atoms with Gasteiger partial charge in [-0.05, 0) is 43.3 Å². The Labute approximate surface area is 161 Å². The molecule has 8 heteroatoms. The molecule has 1 N–H and O–H groups in total. The zero-order chi connectivity index (χ0) is 19.6. The summed E-state index contributed by atoms with van der Waals surface area (Å²) >= 11 is 1.22. The number of aromatic nitrogens is 1. The topological polar surface area (TPSA) is 85.4 Å². The van der Waals surface area contributed by atoms with Crippen LogP contribution in [0, 0.1) is 6.92 Å². The van der Waals surface area contributed by atoms with E-state index in [1.807, 2.05) is 25.1 Å². The molecule has 0 unspecified atom stereocenters. The number of amides is 1. The highest BCUT2D eigenvalue weighted by atomic mass is 32.2. The van der Waals surface area contributed by atoms with Crippen molar-refractivity contribution < 1.29 is 17.9 Å². The molecule has 6 nitrogen and oxygen atoms in total. The van der Waals surface area contributed by atoms with E-state index in [2.05, 4.69) is 10.3 Å². The minimum absolute atomic E-state index is 0.225. The van der Waals surface area contributed by atoms with Crippen LogP contribution in [0.2, 0.25) is 0 Å². The van der Waals surface area contributed by atoms with E-state index in [4.69, 9.17) is 4.74 Å². The van der Waals surface area contributed by atoms with Crippen LogP contribution in [0.1, 0.15) is 11.1 Å². The third kappa shape index (κ3) is 4.53. The summed E-state index contributed by atoms with van der Waals surface area (Å²) in [4.78, 5) is 16.7. The molecule has 0 atom stereocenters. The summed E-state index contributed by atoms with van der Waals surface area (Å²) in [6.07, 6.45) is 4.24. The number of rotatable bonds is 5. The van der Waals surface area contributed by atoms with Crippen LogP contribution in [0.3, 0.4) is 0 Å². The molecule has 1 amide bonds. The Balaban J connectivity index is 1.79. The Hall–Kier alpha value is -2.71. The number of fused-ring (bicyclic) bond motifs is 1. The molecule has 1 heterocycles. The smallest absolute Gasteiger partial charge is 0.250 e. The maximum absolute atomic E-state index is 12.2. The fraction of sp³-hybridized carbons (Fsp3) is 0.158. The largest absolute Gasteiger partial charge is 0.496 e. The van der Waals surface area contributed by atoms with Gasteiger partial charge in [0, 0.05) is 17.9 Å². The number of carbonyl (C=O) groups excluding carboxylic acids is 1. The summed E-state index contributed by atoms with van der Waals surface area (Å²) in [7, 11) is -1.71. The lowest BCUT2D eigenvalue weighted by Crippen LogP contribution is -2.07. The number of aryl methyl sites for hydroxylation is 1. The van der Waals surface area contributed by atoms with Crippen LogP contribution in [0.5, 0.6) is 5.75 Å². The monoisotopic (exact) mass is 402 g/mol. The van der Waals surface area contributed by atoms with Crippen molar-refractivity contribution in [3.8, 4) is 5.75 Å². The van der Waals surface area contributed by atoms with Gasteiger partial charge in [-0.15, -0.1) is 0 Å². The van der Waals surface area contributed by atoms with E-state index in [1.54, 1.807) is 25.3 Å². The van der Waals surface area contributed by atoms with Gasteiger partial charge in [-0.2, -0.15) is 0 Å². The molecule has 140 valence electrons. The van der Waals surface area contributed by atoms with Crippen LogP contribution in [0.15, 0.2) is 47.4 Å². The normalized spacial score (nSPS) is 11.8. The molecule has 0 spiro atoms. The molecule has 1 aromatic heterocycles. The number of nitrogens with zero attached hydrogens (tertiary/aromatic N) is 1. The molecule has 2 aromatic carbocycles. The Morgan fingerprint density at radius 1 is 1.22 bits per heavy atom. The molecule has 3 rings (SSSR count). The maximum Gasteiger partial charge on any atom is 0.250 e. The first-order valence-corrected chi connectivity index (χ1v) is 10.7. The lowest BCUT2D eigenvalue weighted by molar-refractivity contribution is -0.111. The molecule has 0 radical (unpaired) electrons. The number of hydrogen-bond donors (Lipinski definition) is 1. The van der Waals surface area contributed by atoms with Crippen molar-refractivity contribution in [3.63, 3.8) is 0 Å². The van der Waals surface area contributed by atoms with Gasteiger partial charge in [-0.25, -0.2) is 13.4 Å². The van der Waals surface area contributed by atoms with Crippen LogP contribution in [-0.2, 0) is 14.6 Å². The molecule has 0 fully saturated rings. The van der Waals surface area contributed by atoms with E-state index in [0.29, 0.717) is 21.1 Å². The minimum atomic E-state index is -3.29. The summed E-state index contributed by atoms with van der Waals surface area (Å²) in [5, 5.41) is 3.11. The van der Waals surface area contributed by atoms with Crippen LogP contribution >= 0.6 is 11.3 Å². The standard InChI is InChI=1S/C19H18N2O4S2/c1-12-4-8-16(25-2)13(10-12)5-9-18(22)21-19-20-15-7-6-14(27(3,23)24)11-17(15)26-19/h4-11H,1-3H3,(H,20,21,22)/b9-5+. The Morgan fingerprint density at radius 2 is 2.00 bits per heavy atom. The number of hydrogen-bond acceptors (Lipinski definition) is 6. The molecule has 0 aliphatic carbocycles. The molecule has 0 aliphatic heterocycles. The second-order valence-corrected chi connectivity index (χ2v) is 9.04. The third-order valence-corrected chi connectivity index (χ3v) is 5.86. The number of carbonyl (C=O) groups is 1. The number of nitrogens with one attached hydrogen (secondary N) is 1. The number of anilines is 1. The number of ether oxygens (including phenoxy) is 1. The average Bonchev–Trinajstić information content (AvgIpc) is 3.00. The quantitative estimate of drug-likeness (QED) is 0.658. The number of sulfone groups is 1. The zero-order valence-electron chi connectivity index (χ0n) is 15.0. The fourth-order valence-corrected chi connectivity index (χ4v) is 4.12. The lowest BCUT2D eigenvalue weighted by Gasteiger charge is -2.05. The van der Waals surface area contributed by atoms with E-state index in [0.717, 1.165) is 17.4 Å². The van der Waals surface area contributed by atoms with Crippen LogP contribution in [-0.4, -0.2) is 32.7 Å². The highest BCUT2D eigenvalue weighted by Gasteiger charge is 2.11. The van der Waals surface area contributed by atoms with E-state index in [-0.39, 0.29) is 10.8 Å². The van der Waals surface area contributed by atoms with Crippen molar-refractivity contribution in [2.45, 2.75) is 11.8 Å². The lowest BCUT2D eigenvalue weighted by atomic mass is 10.1. The molecular weight excluding hydrogens is 384 g/mol. The third-order valence-electron chi connectivity index (χ3n) is 3.82. The zero-order valence-corrected chi connectivity index (χ0v) is 16.6. The minimum Gasteiger partial charge on any atom is -0.496 e. The summed E-state index contributed by atoms with van der Waals surface area (Å²) in [5.41, 5.74) is 2.49. The SMILES string of the molecule is COc1ccc(C)cc1/C=C/C(=O)Nc1nc2ccc(S(C)(=O)=O)cc2s1. The average molecular weight is 402 g/mol. The second-order valence-electron chi connectivity index (χ2n) is 5.99. The Morgan fingerprint density at radius 3 is 2.70 bits per heavy atom. The summed E-state index contributed by atoms with van der Waals surface area (Å²) in [6.45, 7) is 1.96. The van der Waals surface area contributed by atoms with Crippen LogP contribution in [0.4, 0.5) is 5.13 Å². The van der Waals surface area contributed by atoms with Crippen molar-refractivity contribution in [2.75, 3.05) is 18.7 Å². The van der Waals surface area contributed by atoms with Crippen LogP contribution < -0.4 is 10.1 Å². The Kier molecular flexibility index (Phi) is 5.29. The van der Waals surface area contributed by atoms with Gasteiger partial charge in [0.2, 0.25) is 5.91 Å². The van der Waals surface area contributed by atoms with Crippen molar-refractivity contribution in [1.29, 1.82) is 0 Å². The highest BCUT2D eigenvalue weighted by molar-refractivity contribution is 7.90. The van der Waals surface area contributed by atoms with Gasteiger partial charge in [0.25, 0.3) is 0 Å². The van der Waals surface area contributed by atoms with Gasteiger partial charge in [-0.1, -0.05) is 23.0 Å². The molecule has 0 saturated heterocycles.